The number of rotatable bonds is 7. The highest BCUT2D eigenvalue weighted by Gasteiger charge is 2.17. The lowest BCUT2D eigenvalue weighted by Crippen LogP contribution is -2.34. The SMILES string of the molecule is COC(CNC(c1cccs1)C(C)C)OC. The van der Waals surface area contributed by atoms with Crippen molar-refractivity contribution in [2.75, 3.05) is 20.8 Å². The molecule has 0 saturated carbocycles. The van der Waals surface area contributed by atoms with Crippen LogP contribution in [0.2, 0.25) is 0 Å². The van der Waals surface area contributed by atoms with Gasteiger partial charge in [0.1, 0.15) is 0 Å². The van der Waals surface area contributed by atoms with Gasteiger partial charge in [0.25, 0.3) is 0 Å². The fourth-order valence-electron chi connectivity index (χ4n) is 1.62. The van der Waals surface area contributed by atoms with Crippen LogP contribution < -0.4 is 5.32 Å². The minimum absolute atomic E-state index is 0.179. The minimum Gasteiger partial charge on any atom is -0.355 e. The van der Waals surface area contributed by atoms with Gasteiger partial charge in [-0.1, -0.05) is 19.9 Å². The summed E-state index contributed by atoms with van der Waals surface area (Å²) in [5.41, 5.74) is 0. The van der Waals surface area contributed by atoms with Gasteiger partial charge >= 0.3 is 0 Å². The Bertz CT molecular complexity index is 271. The smallest absolute Gasteiger partial charge is 0.169 e. The zero-order chi connectivity index (χ0) is 12.0. The average molecular weight is 243 g/mol. The Labute approximate surface area is 102 Å². The molecule has 1 aromatic rings. The van der Waals surface area contributed by atoms with Crippen molar-refractivity contribution in [1.29, 1.82) is 0 Å². The third-order valence-corrected chi connectivity index (χ3v) is 3.50. The van der Waals surface area contributed by atoms with Gasteiger partial charge in [0, 0.05) is 31.7 Å². The second kappa shape index (κ2) is 7.01. The maximum Gasteiger partial charge on any atom is 0.169 e. The molecule has 1 N–H and O–H groups in total. The van der Waals surface area contributed by atoms with Crippen molar-refractivity contribution >= 4 is 11.3 Å². The normalized spacial score (nSPS) is 13.6. The highest BCUT2D eigenvalue weighted by molar-refractivity contribution is 7.10. The lowest BCUT2D eigenvalue weighted by atomic mass is 10.0. The van der Waals surface area contributed by atoms with E-state index in [1.165, 1.54) is 4.88 Å². The van der Waals surface area contributed by atoms with E-state index in [1.807, 2.05) is 0 Å². The van der Waals surface area contributed by atoms with Crippen molar-refractivity contribution in [3.8, 4) is 0 Å². The molecule has 0 bridgehead atoms. The summed E-state index contributed by atoms with van der Waals surface area (Å²) in [5.74, 6) is 0.549. The van der Waals surface area contributed by atoms with E-state index in [0.29, 0.717) is 18.5 Å². The molecular weight excluding hydrogens is 222 g/mol. The Balaban J connectivity index is 2.53. The standard InChI is InChI=1S/C12H21NO2S/c1-9(2)12(10-6-5-7-16-10)13-8-11(14-3)15-4/h5-7,9,11-13H,8H2,1-4H3. The molecule has 0 saturated heterocycles. The topological polar surface area (TPSA) is 30.5 Å². The van der Waals surface area contributed by atoms with Gasteiger partial charge in [0.2, 0.25) is 0 Å². The summed E-state index contributed by atoms with van der Waals surface area (Å²) in [6.07, 6.45) is -0.179. The van der Waals surface area contributed by atoms with Crippen LogP contribution in [0.4, 0.5) is 0 Å². The Hall–Kier alpha value is -0.420. The van der Waals surface area contributed by atoms with Crippen molar-refractivity contribution in [3.05, 3.63) is 22.4 Å². The molecule has 0 aliphatic rings. The fourth-order valence-corrected chi connectivity index (χ4v) is 2.59. The first-order valence-electron chi connectivity index (χ1n) is 5.51. The molecule has 3 nitrogen and oxygen atoms in total. The molecule has 0 aromatic carbocycles. The van der Waals surface area contributed by atoms with Gasteiger partial charge in [-0.05, 0) is 17.4 Å². The monoisotopic (exact) mass is 243 g/mol. The Kier molecular flexibility index (Phi) is 5.98. The molecule has 1 heterocycles. The molecule has 16 heavy (non-hydrogen) atoms. The number of ether oxygens (including phenoxy) is 2. The van der Waals surface area contributed by atoms with Gasteiger partial charge in [-0.25, -0.2) is 0 Å². The van der Waals surface area contributed by atoms with E-state index in [1.54, 1.807) is 25.6 Å². The molecule has 0 amide bonds. The largest absolute Gasteiger partial charge is 0.355 e. The molecule has 0 radical (unpaired) electrons. The van der Waals surface area contributed by atoms with Crippen molar-refractivity contribution in [2.24, 2.45) is 5.92 Å². The number of hydrogen-bond acceptors (Lipinski definition) is 4. The molecule has 0 spiro atoms. The zero-order valence-corrected chi connectivity index (χ0v) is 11.2. The maximum atomic E-state index is 5.17. The van der Waals surface area contributed by atoms with Gasteiger partial charge in [-0.2, -0.15) is 0 Å². The van der Waals surface area contributed by atoms with Gasteiger partial charge in [0.15, 0.2) is 6.29 Å². The van der Waals surface area contributed by atoms with Crippen molar-refractivity contribution in [1.82, 2.24) is 5.32 Å². The summed E-state index contributed by atoms with van der Waals surface area (Å²) in [6, 6.07) is 4.62. The predicted octanol–water partition coefficient (Wildman–Crippen LogP) is 2.65. The van der Waals surface area contributed by atoms with E-state index >= 15 is 0 Å². The molecule has 1 atom stereocenters. The van der Waals surface area contributed by atoms with Crippen LogP contribution >= 0.6 is 11.3 Å². The Morgan fingerprint density at radius 1 is 1.31 bits per heavy atom. The van der Waals surface area contributed by atoms with E-state index in [-0.39, 0.29) is 6.29 Å². The first-order chi connectivity index (χ1) is 7.69. The van der Waals surface area contributed by atoms with Crippen LogP contribution in [0.3, 0.4) is 0 Å². The number of hydrogen-bond donors (Lipinski definition) is 1. The van der Waals surface area contributed by atoms with Crippen LogP contribution in [-0.2, 0) is 9.47 Å². The van der Waals surface area contributed by atoms with Gasteiger partial charge in [-0.15, -0.1) is 11.3 Å². The van der Waals surface area contributed by atoms with Crippen LogP contribution in [0, 0.1) is 5.92 Å². The molecule has 92 valence electrons. The summed E-state index contributed by atoms with van der Waals surface area (Å²) < 4.78 is 10.3. The van der Waals surface area contributed by atoms with Crippen molar-refractivity contribution in [3.63, 3.8) is 0 Å². The minimum atomic E-state index is -0.179. The van der Waals surface area contributed by atoms with Crippen LogP contribution in [0.25, 0.3) is 0 Å². The highest BCUT2D eigenvalue weighted by Crippen LogP contribution is 2.25. The second-order valence-corrected chi connectivity index (χ2v) is 5.03. The lowest BCUT2D eigenvalue weighted by molar-refractivity contribution is -0.100. The maximum absolute atomic E-state index is 5.17. The van der Waals surface area contributed by atoms with E-state index in [4.69, 9.17) is 9.47 Å². The zero-order valence-electron chi connectivity index (χ0n) is 10.4. The fraction of sp³-hybridized carbons (Fsp3) is 0.667. The summed E-state index contributed by atoms with van der Waals surface area (Å²) in [6.45, 7) is 5.13. The Morgan fingerprint density at radius 3 is 2.44 bits per heavy atom. The third-order valence-electron chi connectivity index (χ3n) is 2.55. The van der Waals surface area contributed by atoms with E-state index in [9.17, 15) is 0 Å². The summed E-state index contributed by atoms with van der Waals surface area (Å²) in [7, 11) is 3.32. The van der Waals surface area contributed by atoms with Gasteiger partial charge < -0.3 is 14.8 Å². The summed E-state index contributed by atoms with van der Waals surface area (Å²) in [5, 5.41) is 5.59. The first-order valence-corrected chi connectivity index (χ1v) is 6.39. The highest BCUT2D eigenvalue weighted by atomic mass is 32.1. The molecule has 4 heteroatoms. The third kappa shape index (κ3) is 3.87. The molecule has 0 fully saturated rings. The molecular formula is C12H21NO2S. The van der Waals surface area contributed by atoms with E-state index in [2.05, 4.69) is 36.7 Å². The van der Waals surface area contributed by atoms with Gasteiger partial charge in [0.05, 0.1) is 0 Å². The number of methoxy groups -OCH3 is 2. The van der Waals surface area contributed by atoms with Crippen LogP contribution in [0.1, 0.15) is 24.8 Å². The summed E-state index contributed by atoms with van der Waals surface area (Å²) in [4.78, 5) is 1.36. The summed E-state index contributed by atoms with van der Waals surface area (Å²) >= 11 is 1.78. The lowest BCUT2D eigenvalue weighted by Gasteiger charge is -2.23. The molecule has 0 aliphatic carbocycles. The number of thiophene rings is 1. The quantitative estimate of drug-likeness (QED) is 0.747. The van der Waals surface area contributed by atoms with Crippen molar-refractivity contribution in [2.45, 2.75) is 26.2 Å². The van der Waals surface area contributed by atoms with Crippen LogP contribution in [0.15, 0.2) is 17.5 Å². The molecule has 1 unspecified atom stereocenters. The average Bonchev–Trinajstić information content (AvgIpc) is 2.77. The van der Waals surface area contributed by atoms with Gasteiger partial charge in [-0.3, -0.25) is 0 Å². The molecule has 1 aromatic heterocycles. The van der Waals surface area contributed by atoms with E-state index in [0.717, 1.165) is 0 Å². The van der Waals surface area contributed by atoms with Crippen molar-refractivity contribution < 1.29 is 9.47 Å². The van der Waals surface area contributed by atoms with E-state index < -0.39 is 0 Å². The Morgan fingerprint density at radius 2 is 2.00 bits per heavy atom. The first kappa shape index (κ1) is 13.6. The second-order valence-electron chi connectivity index (χ2n) is 4.05. The van der Waals surface area contributed by atoms with Crippen LogP contribution in [-0.4, -0.2) is 27.1 Å². The number of nitrogens with one attached hydrogen (secondary N) is 1. The molecule has 0 aliphatic heterocycles. The predicted molar refractivity (Wildman–Crippen MR) is 67.7 cm³/mol. The van der Waals surface area contributed by atoms with Crippen LogP contribution in [0.5, 0.6) is 0 Å². The molecule has 1 rings (SSSR count).